The number of anilines is 8. The van der Waals surface area contributed by atoms with Gasteiger partial charge in [-0.1, -0.05) is 113 Å². The lowest BCUT2D eigenvalue weighted by molar-refractivity contribution is 0.745. The highest BCUT2D eigenvalue weighted by molar-refractivity contribution is 5.85. The number of nitriles is 1. The maximum Gasteiger partial charge on any atom is 0.194 e. The largest absolute Gasteiger partial charge is 0.372 e. The molecule has 0 fully saturated rings. The van der Waals surface area contributed by atoms with Crippen molar-refractivity contribution in [3.8, 4) is 6.07 Å². The third kappa shape index (κ3) is 11.5. The van der Waals surface area contributed by atoms with Gasteiger partial charge >= 0.3 is 0 Å². The topological polar surface area (TPSA) is 41.1 Å². The molecule has 6 heteroatoms. The van der Waals surface area contributed by atoms with Gasteiger partial charge < -0.3 is 19.6 Å². The molecular formula is C60H60N6. The van der Waals surface area contributed by atoms with Gasteiger partial charge in [0.2, 0.25) is 0 Å². The molecule has 0 N–H and O–H groups in total. The molecule has 7 aromatic rings. The molecule has 0 saturated heterocycles. The van der Waals surface area contributed by atoms with Crippen LogP contribution in [0.5, 0.6) is 0 Å². The van der Waals surface area contributed by atoms with Crippen molar-refractivity contribution < 1.29 is 0 Å². The molecule has 0 atom stereocenters. The van der Waals surface area contributed by atoms with E-state index in [0.29, 0.717) is 22.4 Å². The summed E-state index contributed by atoms with van der Waals surface area (Å²) < 4.78 is 0. The van der Waals surface area contributed by atoms with Crippen LogP contribution >= 0.6 is 0 Å². The van der Waals surface area contributed by atoms with Crippen LogP contribution in [0.4, 0.5) is 51.2 Å². The number of hydrogen-bond acceptors (Lipinski definition) is 5. The number of nitrogens with zero attached hydrogens (tertiary/aromatic N) is 6. The van der Waals surface area contributed by atoms with Crippen LogP contribution in [0.1, 0.15) is 81.2 Å². The number of para-hydroxylation sites is 2. The van der Waals surface area contributed by atoms with E-state index in [2.05, 4.69) is 204 Å². The maximum atomic E-state index is 10.3. The third-order valence-corrected chi connectivity index (χ3v) is 11.6. The molecule has 0 heterocycles. The fraction of sp³-hybridized carbons (Fsp3) is 0.200. The summed E-state index contributed by atoms with van der Waals surface area (Å²) in [5.74, 6) is 0. The monoisotopic (exact) mass is 864 g/mol. The summed E-state index contributed by atoms with van der Waals surface area (Å²) in [5.41, 5.74) is 13.3. The van der Waals surface area contributed by atoms with Crippen molar-refractivity contribution >= 4 is 75.5 Å². The first-order chi connectivity index (χ1) is 32.5. The summed E-state index contributed by atoms with van der Waals surface area (Å²) in [6.45, 7) is 21.1. The summed E-state index contributed by atoms with van der Waals surface area (Å²) in [6, 6.07) is 61.5. The Kier molecular flexibility index (Phi) is 16.3. The smallest absolute Gasteiger partial charge is 0.194 e. The van der Waals surface area contributed by atoms with E-state index in [0.717, 1.165) is 97.1 Å². The second kappa shape index (κ2) is 23.2. The van der Waals surface area contributed by atoms with E-state index in [9.17, 15) is 5.26 Å². The lowest BCUT2D eigenvalue weighted by Gasteiger charge is -2.28. The summed E-state index contributed by atoms with van der Waals surface area (Å²) in [4.78, 5) is 13.3. The third-order valence-electron chi connectivity index (χ3n) is 11.6. The summed E-state index contributed by atoms with van der Waals surface area (Å²) in [6.07, 6.45) is 12.3. The van der Waals surface area contributed by atoms with Crippen LogP contribution in [0, 0.1) is 17.9 Å². The molecule has 0 aromatic heterocycles. The van der Waals surface area contributed by atoms with Crippen molar-refractivity contribution in [1.29, 1.82) is 5.26 Å². The van der Waals surface area contributed by atoms with Crippen LogP contribution in [-0.2, 0) is 0 Å². The van der Waals surface area contributed by atoms with Gasteiger partial charge in [-0.05, 0) is 157 Å². The minimum atomic E-state index is 0.490. The van der Waals surface area contributed by atoms with Gasteiger partial charge in [0.1, 0.15) is 0 Å². The van der Waals surface area contributed by atoms with E-state index in [1.807, 2.05) is 48.6 Å². The molecule has 0 amide bonds. The van der Waals surface area contributed by atoms with E-state index < -0.39 is 0 Å². The van der Waals surface area contributed by atoms with Gasteiger partial charge in [0.15, 0.2) is 5.69 Å². The standard InChI is InChI=1S/C60H60N6/c1-6-40-63(41-7-2)52-32-36-58(37-33-52)65(54-16-12-10-13-17-54)56-28-22-47(23-29-56)20-26-49-45-60(62-5)50(44-51(49)46-61)27-21-48-24-30-57(31-25-48)66(55-18-14-11-15-19-55)59-38-34-53(35-39-59)64(42-8-3)43-9-4/h10-39,44-45H,6-9,40-43H2,1-4H3. The Hall–Kier alpha value is -7.80. The molecule has 7 aromatic carbocycles. The average molecular weight is 865 g/mol. The van der Waals surface area contributed by atoms with Crippen molar-refractivity contribution in [2.45, 2.75) is 53.4 Å². The van der Waals surface area contributed by atoms with Gasteiger partial charge in [0.05, 0.1) is 18.2 Å². The van der Waals surface area contributed by atoms with E-state index in [4.69, 9.17) is 6.57 Å². The Morgan fingerprint density at radius 2 is 0.758 bits per heavy atom. The second-order valence-corrected chi connectivity index (χ2v) is 16.4. The lowest BCUT2D eigenvalue weighted by atomic mass is 10.0. The molecular weight excluding hydrogens is 805 g/mol. The Bertz CT molecular complexity index is 2540. The van der Waals surface area contributed by atoms with Crippen molar-refractivity contribution in [3.05, 3.63) is 209 Å². The van der Waals surface area contributed by atoms with Gasteiger partial charge in [-0.15, -0.1) is 0 Å². The SMILES string of the molecule is [C-]#[N+]c1cc(C=Cc2ccc(N(c3ccccc3)c3ccc(N(CCC)CCC)cc3)cc2)c(C#N)cc1C=Cc1ccc(N(c2ccccc2)c2ccc(N(CCC)CCC)cc2)cc1. The average Bonchev–Trinajstić information content (AvgIpc) is 3.37. The quantitative estimate of drug-likeness (QED) is 0.0564. The zero-order valence-electron chi connectivity index (χ0n) is 38.8. The maximum absolute atomic E-state index is 10.3. The Morgan fingerprint density at radius 3 is 1.11 bits per heavy atom. The fourth-order valence-electron chi connectivity index (χ4n) is 8.42. The fourth-order valence-corrected chi connectivity index (χ4v) is 8.42. The zero-order chi connectivity index (χ0) is 46.1. The molecule has 0 aliphatic rings. The first-order valence-corrected chi connectivity index (χ1v) is 23.4. The number of rotatable bonds is 20. The van der Waals surface area contributed by atoms with Gasteiger partial charge in [0, 0.05) is 71.7 Å². The minimum absolute atomic E-state index is 0.490. The molecule has 0 bridgehead atoms. The Labute approximate surface area is 393 Å². The van der Waals surface area contributed by atoms with Crippen molar-refractivity contribution in [1.82, 2.24) is 0 Å². The molecule has 0 spiro atoms. The van der Waals surface area contributed by atoms with Gasteiger partial charge in [-0.2, -0.15) is 5.26 Å². The highest BCUT2D eigenvalue weighted by Crippen LogP contribution is 2.38. The molecule has 0 unspecified atom stereocenters. The highest BCUT2D eigenvalue weighted by atomic mass is 15.2. The summed E-state index contributed by atoms with van der Waals surface area (Å²) >= 11 is 0. The molecule has 0 radical (unpaired) electrons. The van der Waals surface area contributed by atoms with E-state index in [1.54, 1.807) is 0 Å². The number of benzene rings is 7. The first kappa shape index (κ1) is 46.2. The van der Waals surface area contributed by atoms with Crippen LogP contribution in [-0.4, -0.2) is 26.2 Å². The van der Waals surface area contributed by atoms with E-state index in [1.165, 1.54) is 11.4 Å². The lowest BCUT2D eigenvalue weighted by Crippen LogP contribution is -2.24. The second-order valence-electron chi connectivity index (χ2n) is 16.4. The molecule has 6 nitrogen and oxygen atoms in total. The van der Waals surface area contributed by atoms with Crippen LogP contribution in [0.2, 0.25) is 0 Å². The van der Waals surface area contributed by atoms with Crippen LogP contribution in [0.25, 0.3) is 29.1 Å². The predicted molar refractivity (Wildman–Crippen MR) is 283 cm³/mol. The van der Waals surface area contributed by atoms with Crippen LogP contribution in [0.3, 0.4) is 0 Å². The number of hydrogen-bond donors (Lipinski definition) is 0. The summed E-state index contributed by atoms with van der Waals surface area (Å²) in [5, 5.41) is 10.3. The van der Waals surface area contributed by atoms with E-state index >= 15 is 0 Å². The molecule has 66 heavy (non-hydrogen) atoms. The van der Waals surface area contributed by atoms with E-state index in [-0.39, 0.29) is 0 Å². The van der Waals surface area contributed by atoms with Crippen molar-refractivity contribution in [2.75, 3.05) is 45.8 Å². The molecule has 0 aliphatic heterocycles. The van der Waals surface area contributed by atoms with Crippen molar-refractivity contribution in [3.63, 3.8) is 0 Å². The van der Waals surface area contributed by atoms with Gasteiger partial charge in [-0.3, -0.25) is 0 Å². The van der Waals surface area contributed by atoms with Crippen LogP contribution < -0.4 is 19.6 Å². The van der Waals surface area contributed by atoms with Crippen LogP contribution in [0.15, 0.2) is 170 Å². The zero-order valence-corrected chi connectivity index (χ0v) is 38.8. The first-order valence-electron chi connectivity index (χ1n) is 23.4. The predicted octanol–water partition coefficient (Wildman–Crippen LogP) is 16.6. The molecule has 0 saturated carbocycles. The normalized spacial score (nSPS) is 11.1. The Balaban J connectivity index is 1.08. The summed E-state index contributed by atoms with van der Waals surface area (Å²) in [7, 11) is 0. The van der Waals surface area contributed by atoms with Crippen molar-refractivity contribution in [2.24, 2.45) is 0 Å². The van der Waals surface area contributed by atoms with Gasteiger partial charge in [0.25, 0.3) is 0 Å². The molecule has 0 aliphatic carbocycles. The molecule has 330 valence electrons. The van der Waals surface area contributed by atoms with Gasteiger partial charge in [-0.25, -0.2) is 4.85 Å². The minimum Gasteiger partial charge on any atom is -0.372 e. The molecule has 7 rings (SSSR count). The highest BCUT2D eigenvalue weighted by Gasteiger charge is 2.16. The Morgan fingerprint density at radius 1 is 0.424 bits per heavy atom.